The van der Waals surface area contributed by atoms with E-state index in [1.54, 1.807) is 41.1 Å². The number of aromatic hydroxyl groups is 1. The first-order chi connectivity index (χ1) is 16.8. The Hall–Kier alpha value is -3.26. The van der Waals surface area contributed by atoms with Crippen LogP contribution in [-0.4, -0.2) is 43.9 Å². The van der Waals surface area contributed by atoms with Crippen LogP contribution in [0.25, 0.3) is 16.8 Å². The Morgan fingerprint density at radius 2 is 1.72 bits per heavy atom. The van der Waals surface area contributed by atoms with Gasteiger partial charge in [-0.2, -0.15) is 0 Å². The molecule has 1 saturated heterocycles. The van der Waals surface area contributed by atoms with E-state index >= 15 is 0 Å². The van der Waals surface area contributed by atoms with Gasteiger partial charge in [-0.3, -0.25) is 4.79 Å². The van der Waals surface area contributed by atoms with Crippen LogP contribution < -0.4 is 17.0 Å². The molecular formula is C28H40FN5O2. The highest BCUT2D eigenvalue weighted by atomic mass is 19.2. The second-order valence-electron chi connectivity index (χ2n) is 11.0. The minimum absolute atomic E-state index is 0.0122. The summed E-state index contributed by atoms with van der Waals surface area (Å²) in [6, 6.07) is 8.64. The summed E-state index contributed by atoms with van der Waals surface area (Å²) in [6.07, 6.45) is 7.27. The van der Waals surface area contributed by atoms with Crippen LogP contribution in [0.1, 0.15) is 59.4 Å². The first-order valence-corrected chi connectivity index (χ1v) is 12.4. The van der Waals surface area contributed by atoms with E-state index in [1.807, 2.05) is 58.7 Å². The number of nitrogens with two attached hydrogens (primary N) is 2. The summed E-state index contributed by atoms with van der Waals surface area (Å²) in [6.45, 7) is 10.3. The molecule has 5 N–H and O–H groups in total. The van der Waals surface area contributed by atoms with Crippen LogP contribution in [0.3, 0.4) is 0 Å². The van der Waals surface area contributed by atoms with Gasteiger partial charge in [-0.25, -0.2) is 0 Å². The fourth-order valence-electron chi connectivity index (χ4n) is 5.14. The molecule has 7 nitrogen and oxygen atoms in total. The molecule has 0 radical (unpaired) electrons. The number of piperidine rings is 1. The lowest BCUT2D eigenvalue weighted by molar-refractivity contribution is -0.182. The van der Waals surface area contributed by atoms with Crippen LogP contribution in [0.5, 0.6) is 5.75 Å². The van der Waals surface area contributed by atoms with Crippen LogP contribution in [0, 0.1) is 0 Å². The van der Waals surface area contributed by atoms with Crippen molar-refractivity contribution in [2.24, 2.45) is 11.5 Å². The number of halogens is 1. The molecular weight excluding hydrogens is 457 g/mol. The number of benzene rings is 1. The minimum atomic E-state index is -0.606. The first kappa shape index (κ1) is 27.3. The number of pyridine rings is 1. The molecule has 196 valence electrons. The Morgan fingerprint density at radius 3 is 2.28 bits per heavy atom. The summed E-state index contributed by atoms with van der Waals surface area (Å²) in [5.41, 5.74) is 13.6. The van der Waals surface area contributed by atoms with E-state index in [0.29, 0.717) is 36.5 Å². The van der Waals surface area contributed by atoms with E-state index in [1.165, 1.54) is 0 Å². The third-order valence-corrected chi connectivity index (χ3v) is 7.02. The van der Waals surface area contributed by atoms with Gasteiger partial charge >= 0.3 is 0 Å². The molecule has 3 rings (SSSR count). The summed E-state index contributed by atoms with van der Waals surface area (Å²) >= 11 is 0. The van der Waals surface area contributed by atoms with Gasteiger partial charge in [-0.05, 0) is 88.4 Å². The predicted molar refractivity (Wildman–Crippen MR) is 144 cm³/mol. The highest BCUT2D eigenvalue weighted by molar-refractivity contribution is 5.74. The van der Waals surface area contributed by atoms with Gasteiger partial charge in [0.1, 0.15) is 5.75 Å². The largest absolute Gasteiger partial charge is 0.507 e. The van der Waals surface area contributed by atoms with E-state index in [4.69, 9.17) is 11.5 Å². The SMILES string of the molecule is CCCn1ccc(-c2ccc(/C(N)=C/C=C(\N)N(C)C3CC(C)(C)N(F)C(C)(C)C3)c(O)c2)cc1=O. The van der Waals surface area contributed by atoms with Crippen molar-refractivity contribution in [3.8, 4) is 16.9 Å². The molecule has 0 amide bonds. The monoisotopic (exact) mass is 497 g/mol. The van der Waals surface area contributed by atoms with Crippen LogP contribution in [0.4, 0.5) is 4.48 Å². The number of aryl methyl sites for hydroxylation is 1. The van der Waals surface area contributed by atoms with Crippen LogP contribution in [0.2, 0.25) is 0 Å². The van der Waals surface area contributed by atoms with Crippen molar-refractivity contribution in [2.45, 2.75) is 77.5 Å². The molecule has 2 aromatic rings. The Labute approximate surface area is 213 Å². The number of hydrogen-bond donors (Lipinski definition) is 3. The molecule has 0 atom stereocenters. The van der Waals surface area contributed by atoms with E-state index < -0.39 is 11.1 Å². The average Bonchev–Trinajstić information content (AvgIpc) is 2.81. The highest BCUT2D eigenvalue weighted by Crippen LogP contribution is 2.40. The van der Waals surface area contributed by atoms with Crippen molar-refractivity contribution in [2.75, 3.05) is 7.05 Å². The average molecular weight is 498 g/mol. The van der Waals surface area contributed by atoms with Gasteiger partial charge in [0, 0.05) is 54.2 Å². The number of rotatable bonds is 7. The fraction of sp³-hybridized carbons (Fsp3) is 0.464. The topological polar surface area (TPSA) is 101 Å². The lowest BCUT2D eigenvalue weighted by Gasteiger charge is -2.52. The molecule has 1 fully saturated rings. The Kier molecular flexibility index (Phi) is 7.88. The maximum atomic E-state index is 14.8. The molecule has 1 aliphatic rings. The molecule has 0 unspecified atom stereocenters. The quantitative estimate of drug-likeness (QED) is 0.383. The van der Waals surface area contributed by atoms with Crippen molar-refractivity contribution >= 4 is 5.70 Å². The maximum Gasteiger partial charge on any atom is 0.251 e. The molecule has 8 heteroatoms. The lowest BCUT2D eigenvalue weighted by atomic mass is 9.78. The molecule has 0 saturated carbocycles. The lowest BCUT2D eigenvalue weighted by Crippen LogP contribution is -2.60. The van der Waals surface area contributed by atoms with Gasteiger partial charge in [0.25, 0.3) is 5.56 Å². The van der Waals surface area contributed by atoms with E-state index in [2.05, 4.69) is 0 Å². The van der Waals surface area contributed by atoms with Crippen molar-refractivity contribution in [1.29, 1.82) is 0 Å². The molecule has 1 aromatic carbocycles. The fourth-order valence-corrected chi connectivity index (χ4v) is 5.14. The summed E-state index contributed by atoms with van der Waals surface area (Å²) < 4.78 is 16.4. The molecule has 1 aliphatic heterocycles. The smallest absolute Gasteiger partial charge is 0.251 e. The molecule has 1 aromatic heterocycles. The van der Waals surface area contributed by atoms with Crippen LogP contribution in [0.15, 0.2) is 59.3 Å². The minimum Gasteiger partial charge on any atom is -0.507 e. The normalized spacial score (nSPS) is 18.9. The van der Waals surface area contributed by atoms with E-state index in [-0.39, 0.29) is 17.4 Å². The third-order valence-electron chi connectivity index (χ3n) is 7.02. The zero-order valence-corrected chi connectivity index (χ0v) is 22.3. The molecule has 36 heavy (non-hydrogen) atoms. The first-order valence-electron chi connectivity index (χ1n) is 12.4. The number of phenolic OH excluding ortho intramolecular Hbond substituents is 1. The second kappa shape index (κ2) is 10.4. The summed E-state index contributed by atoms with van der Waals surface area (Å²) in [4.78, 5) is 14.3. The molecule has 2 heterocycles. The van der Waals surface area contributed by atoms with Crippen molar-refractivity contribution in [3.05, 3.63) is 70.4 Å². The van der Waals surface area contributed by atoms with E-state index in [0.717, 1.165) is 22.7 Å². The van der Waals surface area contributed by atoms with E-state index in [9.17, 15) is 14.4 Å². The van der Waals surface area contributed by atoms with Gasteiger partial charge in [-0.1, -0.05) is 13.0 Å². The Morgan fingerprint density at radius 1 is 1.11 bits per heavy atom. The number of allylic oxidation sites excluding steroid dienone is 2. The predicted octanol–water partition coefficient (Wildman–Crippen LogP) is 4.57. The Bertz CT molecular complexity index is 1200. The molecule has 0 spiro atoms. The summed E-state index contributed by atoms with van der Waals surface area (Å²) in [5.74, 6) is 0.517. The van der Waals surface area contributed by atoms with Crippen molar-refractivity contribution in [3.63, 3.8) is 0 Å². The third kappa shape index (κ3) is 5.75. The van der Waals surface area contributed by atoms with Crippen LogP contribution in [-0.2, 0) is 6.54 Å². The zero-order chi connectivity index (χ0) is 26.8. The number of hydrogen-bond acceptors (Lipinski definition) is 6. The standard InChI is InChI=1S/C28H40FN5O2/c1-7-13-33-14-12-20(16-26(33)36)19-8-9-22(24(35)15-19)23(30)10-11-25(31)32(6)21-17-27(2,3)34(29)28(4,5)18-21/h8-12,14-16,21,35H,7,13,17-18,30-31H2,1-6H3/b23-10-,25-11+. The summed E-state index contributed by atoms with van der Waals surface area (Å²) in [5, 5.41) is 11.6. The second-order valence-corrected chi connectivity index (χ2v) is 11.0. The van der Waals surface area contributed by atoms with Gasteiger partial charge in [-0.15, -0.1) is 9.60 Å². The number of aromatic nitrogens is 1. The van der Waals surface area contributed by atoms with Gasteiger partial charge < -0.3 is 26.0 Å². The number of phenols is 1. The summed E-state index contributed by atoms with van der Waals surface area (Å²) in [7, 11) is 1.90. The van der Waals surface area contributed by atoms with Crippen molar-refractivity contribution < 1.29 is 9.59 Å². The van der Waals surface area contributed by atoms with Gasteiger partial charge in [0.05, 0.1) is 5.82 Å². The van der Waals surface area contributed by atoms with Gasteiger partial charge in [0.2, 0.25) is 0 Å². The van der Waals surface area contributed by atoms with Gasteiger partial charge in [0.15, 0.2) is 0 Å². The highest BCUT2D eigenvalue weighted by Gasteiger charge is 2.47. The van der Waals surface area contributed by atoms with Crippen LogP contribution >= 0.6 is 0 Å². The zero-order valence-electron chi connectivity index (χ0n) is 22.3. The number of nitrogens with zero attached hydrogens (tertiary/aromatic N) is 3. The van der Waals surface area contributed by atoms with Crippen molar-refractivity contribution in [1.82, 2.24) is 14.6 Å². The molecule has 0 bridgehead atoms. The Balaban J connectivity index is 1.78. The molecule has 0 aliphatic carbocycles. The maximum absolute atomic E-state index is 14.8.